The third-order valence-electron chi connectivity index (χ3n) is 4.18. The number of hydrogen-bond acceptors (Lipinski definition) is 4. The fourth-order valence-corrected chi connectivity index (χ4v) is 2.64. The molecular weight excluding hydrogens is 342 g/mol. The van der Waals surface area contributed by atoms with Crippen LogP contribution in [0, 0.1) is 0 Å². The smallest absolute Gasteiger partial charge is 0.337 e. The normalized spacial score (nSPS) is 10.3. The average Bonchev–Trinajstić information content (AvgIpc) is 2.70. The van der Waals surface area contributed by atoms with Gasteiger partial charge in [0.1, 0.15) is 5.75 Å². The predicted octanol–water partition coefficient (Wildman–Crippen LogP) is 5.07. The summed E-state index contributed by atoms with van der Waals surface area (Å²) in [5, 5.41) is 2.84. The standard InChI is InChI=1S/C22H27NO4/c1-3-4-5-6-7-15-27-20-10-8-9-19(16-20)23-21(24)17-11-13-18(14-12-17)22(25)26-2/h8-14,16H,3-7,15H2,1-2H3,(H,23,24). The number of esters is 1. The topological polar surface area (TPSA) is 64.6 Å². The lowest BCUT2D eigenvalue weighted by molar-refractivity contribution is 0.0600. The van der Waals surface area contributed by atoms with Crippen LogP contribution in [0.1, 0.15) is 59.7 Å². The first kappa shape index (κ1) is 20.5. The molecule has 5 heteroatoms. The molecule has 0 unspecified atom stereocenters. The molecule has 2 aromatic carbocycles. The summed E-state index contributed by atoms with van der Waals surface area (Å²) in [6, 6.07) is 13.7. The van der Waals surface area contributed by atoms with Crippen LogP contribution in [0.3, 0.4) is 0 Å². The van der Waals surface area contributed by atoms with E-state index in [4.69, 9.17) is 4.74 Å². The molecule has 0 heterocycles. The highest BCUT2D eigenvalue weighted by molar-refractivity contribution is 6.04. The summed E-state index contributed by atoms with van der Waals surface area (Å²) >= 11 is 0. The predicted molar refractivity (Wildman–Crippen MR) is 106 cm³/mol. The van der Waals surface area contributed by atoms with Crippen molar-refractivity contribution in [1.29, 1.82) is 0 Å². The zero-order chi connectivity index (χ0) is 19.5. The van der Waals surface area contributed by atoms with Crippen molar-refractivity contribution in [3.63, 3.8) is 0 Å². The molecule has 1 N–H and O–H groups in total. The van der Waals surface area contributed by atoms with Crippen LogP contribution in [-0.4, -0.2) is 25.6 Å². The van der Waals surface area contributed by atoms with Crippen LogP contribution in [0.4, 0.5) is 5.69 Å². The summed E-state index contributed by atoms with van der Waals surface area (Å²) in [6.45, 7) is 2.87. The van der Waals surface area contributed by atoms with Crippen LogP contribution in [0.2, 0.25) is 0 Å². The Kier molecular flexibility index (Phi) is 8.36. The van der Waals surface area contributed by atoms with E-state index in [1.807, 2.05) is 24.3 Å². The third kappa shape index (κ3) is 6.77. The number of nitrogens with one attached hydrogen (secondary N) is 1. The number of anilines is 1. The van der Waals surface area contributed by atoms with Gasteiger partial charge in [-0.15, -0.1) is 0 Å². The Hall–Kier alpha value is -2.82. The van der Waals surface area contributed by atoms with Gasteiger partial charge in [0, 0.05) is 17.3 Å². The number of benzene rings is 2. The van der Waals surface area contributed by atoms with Crippen molar-refractivity contribution in [3.8, 4) is 5.75 Å². The number of methoxy groups -OCH3 is 1. The van der Waals surface area contributed by atoms with Crippen molar-refractivity contribution in [2.75, 3.05) is 19.0 Å². The van der Waals surface area contributed by atoms with Gasteiger partial charge >= 0.3 is 5.97 Å². The van der Waals surface area contributed by atoms with E-state index in [0.29, 0.717) is 23.4 Å². The lowest BCUT2D eigenvalue weighted by atomic mass is 10.1. The zero-order valence-corrected chi connectivity index (χ0v) is 16.0. The second kappa shape index (κ2) is 11.0. The Morgan fingerprint density at radius 3 is 2.33 bits per heavy atom. The highest BCUT2D eigenvalue weighted by Crippen LogP contribution is 2.19. The minimum absolute atomic E-state index is 0.247. The molecule has 0 saturated carbocycles. The molecule has 0 saturated heterocycles. The van der Waals surface area contributed by atoms with Crippen molar-refractivity contribution in [1.82, 2.24) is 0 Å². The van der Waals surface area contributed by atoms with Gasteiger partial charge in [-0.3, -0.25) is 4.79 Å². The summed E-state index contributed by atoms with van der Waals surface area (Å²) < 4.78 is 10.4. The van der Waals surface area contributed by atoms with Crippen LogP contribution in [0.5, 0.6) is 5.75 Å². The fourth-order valence-electron chi connectivity index (χ4n) is 2.64. The minimum atomic E-state index is -0.429. The van der Waals surface area contributed by atoms with Gasteiger partial charge < -0.3 is 14.8 Å². The monoisotopic (exact) mass is 369 g/mol. The highest BCUT2D eigenvalue weighted by Gasteiger charge is 2.09. The Bertz CT molecular complexity index is 740. The molecule has 0 aliphatic carbocycles. The molecule has 0 fully saturated rings. The molecule has 0 radical (unpaired) electrons. The van der Waals surface area contributed by atoms with E-state index in [9.17, 15) is 9.59 Å². The first-order valence-electron chi connectivity index (χ1n) is 9.36. The Labute approximate surface area is 160 Å². The van der Waals surface area contributed by atoms with Gasteiger partial charge in [0.05, 0.1) is 19.3 Å². The number of carbonyl (C=O) groups excluding carboxylic acids is 2. The molecule has 2 rings (SSSR count). The van der Waals surface area contributed by atoms with Crippen LogP contribution >= 0.6 is 0 Å². The van der Waals surface area contributed by atoms with Crippen molar-refractivity contribution < 1.29 is 19.1 Å². The van der Waals surface area contributed by atoms with E-state index in [1.54, 1.807) is 24.3 Å². The van der Waals surface area contributed by atoms with Crippen LogP contribution in [0.25, 0.3) is 0 Å². The molecule has 144 valence electrons. The van der Waals surface area contributed by atoms with Gasteiger partial charge in [-0.05, 0) is 42.8 Å². The minimum Gasteiger partial charge on any atom is -0.494 e. The van der Waals surface area contributed by atoms with E-state index in [1.165, 1.54) is 32.8 Å². The second-order valence-electron chi connectivity index (χ2n) is 6.31. The largest absolute Gasteiger partial charge is 0.494 e. The number of hydrogen-bond donors (Lipinski definition) is 1. The Balaban J connectivity index is 1.87. The average molecular weight is 369 g/mol. The molecule has 5 nitrogen and oxygen atoms in total. The second-order valence-corrected chi connectivity index (χ2v) is 6.31. The zero-order valence-electron chi connectivity index (χ0n) is 16.0. The van der Waals surface area contributed by atoms with E-state index in [0.717, 1.165) is 12.2 Å². The number of amides is 1. The Morgan fingerprint density at radius 1 is 0.926 bits per heavy atom. The maximum Gasteiger partial charge on any atom is 0.337 e. The SMILES string of the molecule is CCCCCCCOc1cccc(NC(=O)c2ccc(C(=O)OC)cc2)c1. The van der Waals surface area contributed by atoms with Crippen LogP contribution in [0.15, 0.2) is 48.5 Å². The first-order valence-corrected chi connectivity index (χ1v) is 9.36. The first-order chi connectivity index (χ1) is 13.1. The van der Waals surface area contributed by atoms with Gasteiger partial charge in [0.15, 0.2) is 0 Å². The van der Waals surface area contributed by atoms with E-state index in [2.05, 4.69) is 17.0 Å². The van der Waals surface area contributed by atoms with Crippen LogP contribution < -0.4 is 10.1 Å². The summed E-state index contributed by atoms with van der Waals surface area (Å²) in [5.41, 5.74) is 1.54. The van der Waals surface area contributed by atoms with Gasteiger partial charge in [-0.2, -0.15) is 0 Å². The molecule has 1 amide bonds. The molecule has 0 aliphatic heterocycles. The number of ether oxygens (including phenoxy) is 2. The third-order valence-corrected chi connectivity index (χ3v) is 4.18. The fraction of sp³-hybridized carbons (Fsp3) is 0.364. The van der Waals surface area contributed by atoms with Gasteiger partial charge in [-0.1, -0.05) is 38.7 Å². The molecule has 0 aliphatic rings. The van der Waals surface area contributed by atoms with Crippen molar-refractivity contribution in [2.45, 2.75) is 39.0 Å². The van der Waals surface area contributed by atoms with Crippen LogP contribution in [-0.2, 0) is 4.74 Å². The summed E-state index contributed by atoms with van der Waals surface area (Å²) in [6.07, 6.45) is 5.94. The summed E-state index contributed by atoms with van der Waals surface area (Å²) in [5.74, 6) is 0.0639. The summed E-state index contributed by atoms with van der Waals surface area (Å²) in [4.78, 5) is 23.8. The molecule has 27 heavy (non-hydrogen) atoms. The highest BCUT2D eigenvalue weighted by atomic mass is 16.5. The molecule has 0 spiro atoms. The van der Waals surface area contributed by atoms with Gasteiger partial charge in [0.25, 0.3) is 5.91 Å². The number of unbranched alkanes of at least 4 members (excludes halogenated alkanes) is 4. The lowest BCUT2D eigenvalue weighted by Crippen LogP contribution is -2.12. The maximum absolute atomic E-state index is 12.4. The molecular formula is C22H27NO4. The molecule has 0 atom stereocenters. The summed E-state index contributed by atoms with van der Waals surface area (Å²) in [7, 11) is 1.32. The van der Waals surface area contributed by atoms with E-state index < -0.39 is 5.97 Å². The van der Waals surface area contributed by atoms with Crippen molar-refractivity contribution in [3.05, 3.63) is 59.7 Å². The molecule has 0 aromatic heterocycles. The number of rotatable bonds is 10. The quantitative estimate of drug-likeness (QED) is 0.469. The maximum atomic E-state index is 12.4. The van der Waals surface area contributed by atoms with Gasteiger partial charge in [-0.25, -0.2) is 4.79 Å². The van der Waals surface area contributed by atoms with Crippen molar-refractivity contribution >= 4 is 17.6 Å². The van der Waals surface area contributed by atoms with Crippen molar-refractivity contribution in [2.24, 2.45) is 0 Å². The van der Waals surface area contributed by atoms with E-state index in [-0.39, 0.29) is 5.91 Å². The van der Waals surface area contributed by atoms with E-state index >= 15 is 0 Å². The number of carbonyl (C=O) groups is 2. The lowest BCUT2D eigenvalue weighted by Gasteiger charge is -2.09. The Morgan fingerprint density at radius 2 is 1.63 bits per heavy atom. The molecule has 0 bridgehead atoms. The molecule has 2 aromatic rings. The van der Waals surface area contributed by atoms with Gasteiger partial charge in [0.2, 0.25) is 0 Å².